The van der Waals surface area contributed by atoms with Gasteiger partial charge >= 0.3 is 5.97 Å². The van der Waals surface area contributed by atoms with E-state index in [9.17, 15) is 4.79 Å². The van der Waals surface area contributed by atoms with Crippen LogP contribution in [0.4, 0.5) is 0 Å². The molecule has 1 atom stereocenters. The predicted molar refractivity (Wildman–Crippen MR) is 74.0 cm³/mol. The van der Waals surface area contributed by atoms with Crippen molar-refractivity contribution < 1.29 is 14.3 Å². The highest BCUT2D eigenvalue weighted by atomic mass is 16.6. The van der Waals surface area contributed by atoms with Crippen molar-refractivity contribution >= 4 is 5.97 Å². The first-order chi connectivity index (χ1) is 8.79. The van der Waals surface area contributed by atoms with Gasteiger partial charge in [-0.05, 0) is 33.3 Å². The smallest absolute Gasteiger partial charge is 0.317 e. The topological polar surface area (TPSA) is 61.5 Å². The maximum absolute atomic E-state index is 11.8. The summed E-state index contributed by atoms with van der Waals surface area (Å²) in [5, 5.41) is 0. The predicted octanol–water partition coefficient (Wildman–Crippen LogP) is 2.42. The van der Waals surface area contributed by atoms with Crippen molar-refractivity contribution in [1.82, 2.24) is 0 Å². The summed E-state index contributed by atoms with van der Waals surface area (Å²) < 4.78 is 10.7. The Balaban J connectivity index is 2.44. The number of ether oxygens (including phenoxy) is 2. The molecule has 0 spiro atoms. The number of benzene rings is 1. The number of carbonyl (C=O) groups is 1. The van der Waals surface area contributed by atoms with Gasteiger partial charge in [-0.1, -0.05) is 30.3 Å². The van der Waals surface area contributed by atoms with E-state index in [0.717, 1.165) is 5.56 Å². The van der Waals surface area contributed by atoms with Crippen LogP contribution < -0.4 is 5.73 Å². The lowest BCUT2D eigenvalue weighted by Gasteiger charge is -2.24. The van der Waals surface area contributed by atoms with Gasteiger partial charge in [0.25, 0.3) is 0 Å². The van der Waals surface area contributed by atoms with Gasteiger partial charge < -0.3 is 15.2 Å². The summed E-state index contributed by atoms with van der Waals surface area (Å²) in [5.41, 5.74) is 6.30. The largest absolute Gasteiger partial charge is 0.459 e. The molecule has 105 valence electrons. The average molecular weight is 264 g/mol. The maximum Gasteiger partial charge on any atom is 0.317 e. The van der Waals surface area contributed by atoms with Crippen LogP contribution in [0.2, 0.25) is 0 Å². The van der Waals surface area contributed by atoms with Gasteiger partial charge in [-0.25, -0.2) is 0 Å². The molecular formula is C15H22NO3. The van der Waals surface area contributed by atoms with Crippen molar-refractivity contribution in [1.29, 1.82) is 0 Å². The van der Waals surface area contributed by atoms with E-state index < -0.39 is 17.8 Å². The van der Waals surface area contributed by atoms with Crippen LogP contribution in [0.15, 0.2) is 30.3 Å². The molecular weight excluding hydrogens is 242 g/mol. The highest BCUT2D eigenvalue weighted by Crippen LogP contribution is 2.15. The fourth-order valence-corrected chi connectivity index (χ4v) is 1.36. The van der Waals surface area contributed by atoms with E-state index in [4.69, 9.17) is 15.2 Å². The van der Waals surface area contributed by atoms with Gasteiger partial charge in [0.05, 0.1) is 6.61 Å². The number of esters is 1. The molecule has 4 heteroatoms. The lowest BCUT2D eigenvalue weighted by molar-refractivity contribution is -0.154. The van der Waals surface area contributed by atoms with Gasteiger partial charge in [-0.15, -0.1) is 0 Å². The van der Waals surface area contributed by atoms with Crippen molar-refractivity contribution in [2.45, 2.75) is 46.1 Å². The van der Waals surface area contributed by atoms with Crippen molar-refractivity contribution in [2.24, 2.45) is 5.73 Å². The van der Waals surface area contributed by atoms with Crippen LogP contribution in [-0.4, -0.2) is 17.8 Å². The molecule has 0 aliphatic carbocycles. The molecule has 0 amide bonds. The second kappa shape index (κ2) is 6.68. The lowest BCUT2D eigenvalue weighted by atomic mass is 10.1. The highest BCUT2D eigenvalue weighted by Gasteiger charge is 2.27. The van der Waals surface area contributed by atoms with Gasteiger partial charge in [-0.3, -0.25) is 4.79 Å². The Labute approximate surface area is 114 Å². The average Bonchev–Trinajstić information content (AvgIpc) is 2.34. The molecule has 4 nitrogen and oxygen atoms in total. The second-order valence-electron chi connectivity index (χ2n) is 5.40. The van der Waals surface area contributed by atoms with Gasteiger partial charge in [0.1, 0.15) is 17.7 Å². The summed E-state index contributed by atoms with van der Waals surface area (Å²) in [4.78, 5) is 11.8. The zero-order valence-corrected chi connectivity index (χ0v) is 12.0. The maximum atomic E-state index is 11.8. The van der Waals surface area contributed by atoms with Crippen molar-refractivity contribution in [3.05, 3.63) is 41.8 Å². The normalized spacial score (nSPS) is 13.4. The molecule has 2 N–H and O–H groups in total. The molecule has 0 fully saturated rings. The Morgan fingerprint density at radius 2 is 1.84 bits per heavy atom. The third-order valence-electron chi connectivity index (χ3n) is 2.42. The Morgan fingerprint density at radius 1 is 1.26 bits per heavy atom. The molecule has 1 radical (unpaired) electrons. The van der Waals surface area contributed by atoms with Gasteiger partial charge in [0.15, 0.2) is 0 Å². The Kier molecular flexibility index (Phi) is 5.51. The summed E-state index contributed by atoms with van der Waals surface area (Å²) in [6.45, 7) is 7.43. The monoisotopic (exact) mass is 264 g/mol. The molecule has 0 unspecified atom stereocenters. The summed E-state index contributed by atoms with van der Waals surface area (Å²) in [7, 11) is 0. The van der Waals surface area contributed by atoms with Gasteiger partial charge in [0, 0.05) is 0 Å². The minimum atomic E-state index is -0.755. The van der Waals surface area contributed by atoms with Crippen LogP contribution in [0.5, 0.6) is 0 Å². The molecule has 0 aliphatic heterocycles. The van der Waals surface area contributed by atoms with Gasteiger partial charge in [0.2, 0.25) is 0 Å². The van der Waals surface area contributed by atoms with Crippen LogP contribution in [-0.2, 0) is 20.9 Å². The van der Waals surface area contributed by atoms with E-state index in [-0.39, 0.29) is 0 Å². The van der Waals surface area contributed by atoms with E-state index >= 15 is 0 Å². The first-order valence-corrected chi connectivity index (χ1v) is 6.27. The quantitative estimate of drug-likeness (QED) is 0.655. The summed E-state index contributed by atoms with van der Waals surface area (Å²) in [6.07, 6.45) is -0.755. The van der Waals surface area contributed by atoms with Crippen molar-refractivity contribution in [3.63, 3.8) is 0 Å². The van der Waals surface area contributed by atoms with Crippen LogP contribution in [0.1, 0.15) is 33.3 Å². The summed E-state index contributed by atoms with van der Waals surface area (Å²) in [6, 6.07) is 9.66. The van der Waals surface area contributed by atoms with E-state index in [1.54, 1.807) is 6.92 Å². The third-order valence-corrected chi connectivity index (χ3v) is 2.42. The standard InChI is InChI=1S/C15H22NO3/c1-11(14(17)19-15(2,3)4)13(16)18-10-12-8-6-5-7-9-12/h5-9,13H,10,16H2,1-4H3/t13-/m1/s1. The summed E-state index contributed by atoms with van der Waals surface area (Å²) in [5.74, 6) is -0.0566. The fourth-order valence-electron chi connectivity index (χ4n) is 1.36. The molecule has 1 aromatic rings. The first kappa shape index (κ1) is 15.7. The molecule has 0 aliphatic rings. The first-order valence-electron chi connectivity index (χ1n) is 6.27. The number of carbonyl (C=O) groups excluding carboxylic acids is 1. The molecule has 19 heavy (non-hydrogen) atoms. The molecule has 0 aromatic heterocycles. The minimum absolute atomic E-state index is 0.363. The minimum Gasteiger partial charge on any atom is -0.459 e. The van der Waals surface area contributed by atoms with Crippen LogP contribution >= 0.6 is 0 Å². The molecule has 0 saturated carbocycles. The van der Waals surface area contributed by atoms with E-state index in [0.29, 0.717) is 12.5 Å². The van der Waals surface area contributed by atoms with Crippen molar-refractivity contribution in [3.8, 4) is 0 Å². The fraction of sp³-hybridized carbons (Fsp3) is 0.467. The zero-order chi connectivity index (χ0) is 14.5. The van der Waals surface area contributed by atoms with Crippen LogP contribution in [0.3, 0.4) is 0 Å². The molecule has 1 aromatic carbocycles. The van der Waals surface area contributed by atoms with Crippen LogP contribution in [0.25, 0.3) is 0 Å². The number of hydrogen-bond acceptors (Lipinski definition) is 4. The van der Waals surface area contributed by atoms with Gasteiger partial charge in [-0.2, -0.15) is 0 Å². The van der Waals surface area contributed by atoms with E-state index in [1.807, 2.05) is 51.1 Å². The van der Waals surface area contributed by atoms with Crippen LogP contribution in [0, 0.1) is 5.92 Å². The Bertz CT molecular complexity index is 398. The Morgan fingerprint density at radius 3 is 2.37 bits per heavy atom. The second-order valence-corrected chi connectivity index (χ2v) is 5.40. The molecule has 1 rings (SSSR count). The molecule has 0 saturated heterocycles. The third kappa shape index (κ3) is 5.85. The van der Waals surface area contributed by atoms with Crippen molar-refractivity contribution in [2.75, 3.05) is 0 Å². The lowest BCUT2D eigenvalue weighted by Crippen LogP contribution is -2.38. The molecule has 0 bridgehead atoms. The molecule has 0 heterocycles. The Hall–Kier alpha value is -1.39. The SMILES string of the molecule is C[C](C(=O)OC(C)(C)C)[C@H](N)OCc1ccccc1. The summed E-state index contributed by atoms with van der Waals surface area (Å²) >= 11 is 0. The van der Waals surface area contributed by atoms with E-state index in [1.165, 1.54) is 0 Å². The highest BCUT2D eigenvalue weighted by molar-refractivity contribution is 5.85. The number of rotatable bonds is 5. The number of hydrogen-bond donors (Lipinski definition) is 1. The van der Waals surface area contributed by atoms with E-state index in [2.05, 4.69) is 0 Å². The number of nitrogens with two attached hydrogens (primary N) is 1. The zero-order valence-electron chi connectivity index (χ0n) is 12.0.